The summed E-state index contributed by atoms with van der Waals surface area (Å²) < 4.78 is 5.85. The van der Waals surface area contributed by atoms with Gasteiger partial charge in [0.2, 0.25) is 0 Å². The van der Waals surface area contributed by atoms with E-state index in [-0.39, 0.29) is 0 Å². The average molecular weight is 234 g/mol. The maximum absolute atomic E-state index is 5.85. The van der Waals surface area contributed by atoms with E-state index in [0.29, 0.717) is 5.92 Å². The average Bonchev–Trinajstić information content (AvgIpc) is 2.84. The molecular weight excluding hydrogens is 212 g/mol. The normalized spacial score (nSPS) is 21.2. The van der Waals surface area contributed by atoms with E-state index < -0.39 is 0 Å². The van der Waals surface area contributed by atoms with Crippen molar-refractivity contribution < 1.29 is 4.42 Å². The van der Waals surface area contributed by atoms with Gasteiger partial charge < -0.3 is 9.73 Å². The minimum absolute atomic E-state index is 0.654. The highest BCUT2D eigenvalue weighted by atomic mass is 16.4. The summed E-state index contributed by atoms with van der Waals surface area (Å²) in [4.78, 5) is 4.40. The molecule has 0 aliphatic heterocycles. The summed E-state index contributed by atoms with van der Waals surface area (Å²) in [5.74, 6) is 2.72. The molecule has 2 fully saturated rings. The molecule has 0 bridgehead atoms. The molecule has 1 aromatic rings. The van der Waals surface area contributed by atoms with E-state index in [1.807, 2.05) is 6.20 Å². The van der Waals surface area contributed by atoms with Crippen LogP contribution < -0.4 is 5.32 Å². The number of aryl methyl sites for hydroxylation is 1. The summed E-state index contributed by atoms with van der Waals surface area (Å²) in [6.45, 7) is 1.10. The number of hydrogen-bond acceptors (Lipinski definition) is 3. The van der Waals surface area contributed by atoms with Crippen LogP contribution in [0.5, 0.6) is 0 Å². The molecule has 94 valence electrons. The lowest BCUT2D eigenvalue weighted by molar-refractivity contribution is 0.418. The molecule has 0 aromatic carbocycles. The molecular formula is C14H22N2O. The van der Waals surface area contributed by atoms with E-state index in [4.69, 9.17) is 4.42 Å². The van der Waals surface area contributed by atoms with E-state index >= 15 is 0 Å². The number of hydrogen-bond donors (Lipinski definition) is 1. The highest BCUT2D eigenvalue weighted by Crippen LogP contribution is 2.34. The summed E-state index contributed by atoms with van der Waals surface area (Å²) in [5, 5.41) is 3.52. The van der Waals surface area contributed by atoms with Gasteiger partial charge in [0.05, 0.1) is 6.20 Å². The Morgan fingerprint density at radius 2 is 2.06 bits per heavy atom. The van der Waals surface area contributed by atoms with Crippen LogP contribution in [0.4, 0.5) is 0 Å². The predicted octanol–water partition coefficient (Wildman–Crippen LogP) is 3.02. The van der Waals surface area contributed by atoms with Crippen LogP contribution >= 0.6 is 0 Å². The van der Waals surface area contributed by atoms with Crippen LogP contribution in [0, 0.1) is 0 Å². The van der Waals surface area contributed by atoms with Crippen molar-refractivity contribution in [2.24, 2.45) is 0 Å². The van der Waals surface area contributed by atoms with Gasteiger partial charge in [0.1, 0.15) is 5.76 Å². The zero-order chi connectivity index (χ0) is 11.5. The molecule has 0 amide bonds. The molecule has 2 aliphatic rings. The molecule has 1 heterocycles. The summed E-state index contributed by atoms with van der Waals surface area (Å²) in [6.07, 6.45) is 12.1. The Hall–Kier alpha value is -0.830. The highest BCUT2D eigenvalue weighted by molar-refractivity contribution is 5.03. The molecule has 3 rings (SSSR count). The van der Waals surface area contributed by atoms with E-state index in [9.17, 15) is 0 Å². The lowest BCUT2D eigenvalue weighted by atomic mass is 10.1. The minimum Gasteiger partial charge on any atom is -0.445 e. The van der Waals surface area contributed by atoms with Crippen LogP contribution in [0.1, 0.15) is 62.5 Å². The van der Waals surface area contributed by atoms with Crippen LogP contribution in [0.25, 0.3) is 0 Å². The molecule has 0 spiro atoms. The smallest absolute Gasteiger partial charge is 0.194 e. The van der Waals surface area contributed by atoms with Crippen molar-refractivity contribution >= 4 is 0 Å². The second kappa shape index (κ2) is 5.21. The van der Waals surface area contributed by atoms with Gasteiger partial charge in [-0.2, -0.15) is 0 Å². The monoisotopic (exact) mass is 234 g/mol. The summed E-state index contributed by atoms with van der Waals surface area (Å²) in [6, 6.07) is 0.814. The fraction of sp³-hybridized carbons (Fsp3) is 0.786. The third kappa shape index (κ3) is 3.09. The van der Waals surface area contributed by atoms with E-state index in [0.717, 1.165) is 37.1 Å². The molecule has 3 nitrogen and oxygen atoms in total. The highest BCUT2D eigenvalue weighted by Gasteiger charge is 2.21. The summed E-state index contributed by atoms with van der Waals surface area (Å²) in [5.41, 5.74) is 0. The van der Waals surface area contributed by atoms with Gasteiger partial charge in [0.15, 0.2) is 5.89 Å². The quantitative estimate of drug-likeness (QED) is 0.769. The van der Waals surface area contributed by atoms with Gasteiger partial charge in [-0.1, -0.05) is 12.8 Å². The molecule has 0 unspecified atom stereocenters. The molecule has 0 saturated heterocycles. The lowest BCUT2D eigenvalue weighted by Gasteiger charge is -2.03. The van der Waals surface area contributed by atoms with Crippen molar-refractivity contribution in [2.75, 3.05) is 6.54 Å². The number of nitrogens with one attached hydrogen (secondary N) is 1. The largest absolute Gasteiger partial charge is 0.445 e. The Bertz CT molecular complexity index is 351. The Labute approximate surface area is 103 Å². The van der Waals surface area contributed by atoms with Crippen molar-refractivity contribution in [3.63, 3.8) is 0 Å². The SMILES string of the molecule is c1nc(CCCNC2CC2)oc1C1CCCC1. The van der Waals surface area contributed by atoms with Crippen LogP contribution in [0.15, 0.2) is 10.6 Å². The zero-order valence-electron chi connectivity index (χ0n) is 10.5. The minimum atomic E-state index is 0.654. The van der Waals surface area contributed by atoms with Gasteiger partial charge in [0, 0.05) is 18.4 Å². The molecule has 0 radical (unpaired) electrons. The molecule has 1 aromatic heterocycles. The fourth-order valence-corrected chi connectivity index (χ4v) is 2.67. The molecule has 2 saturated carbocycles. The second-order valence-corrected chi connectivity index (χ2v) is 5.47. The third-order valence-corrected chi connectivity index (χ3v) is 3.91. The Morgan fingerprint density at radius 1 is 1.24 bits per heavy atom. The number of nitrogens with zero attached hydrogens (tertiary/aromatic N) is 1. The maximum Gasteiger partial charge on any atom is 0.194 e. The van der Waals surface area contributed by atoms with E-state index in [2.05, 4.69) is 10.3 Å². The van der Waals surface area contributed by atoms with Crippen molar-refractivity contribution in [3.05, 3.63) is 17.8 Å². The van der Waals surface area contributed by atoms with Gasteiger partial charge in [-0.3, -0.25) is 0 Å². The molecule has 1 N–H and O–H groups in total. The Balaban J connectivity index is 1.42. The lowest BCUT2D eigenvalue weighted by Crippen LogP contribution is -2.17. The maximum atomic E-state index is 5.85. The van der Waals surface area contributed by atoms with Crippen LogP contribution in [-0.4, -0.2) is 17.6 Å². The van der Waals surface area contributed by atoms with Gasteiger partial charge in [-0.05, 0) is 38.6 Å². The first kappa shape index (κ1) is 11.3. The predicted molar refractivity (Wildman–Crippen MR) is 67.1 cm³/mol. The fourth-order valence-electron chi connectivity index (χ4n) is 2.67. The van der Waals surface area contributed by atoms with Crippen molar-refractivity contribution in [3.8, 4) is 0 Å². The molecule has 3 heteroatoms. The van der Waals surface area contributed by atoms with Crippen molar-refractivity contribution in [1.82, 2.24) is 10.3 Å². The van der Waals surface area contributed by atoms with Crippen LogP contribution in [0.3, 0.4) is 0 Å². The number of aromatic nitrogens is 1. The van der Waals surface area contributed by atoms with Gasteiger partial charge >= 0.3 is 0 Å². The standard InChI is InChI=1S/C14H22N2O/c1-2-5-11(4-1)13-10-16-14(17-13)6-3-9-15-12-7-8-12/h10-12,15H,1-9H2. The summed E-state index contributed by atoms with van der Waals surface area (Å²) >= 11 is 0. The second-order valence-electron chi connectivity index (χ2n) is 5.47. The van der Waals surface area contributed by atoms with Gasteiger partial charge in [-0.15, -0.1) is 0 Å². The van der Waals surface area contributed by atoms with Gasteiger partial charge in [-0.25, -0.2) is 4.98 Å². The topological polar surface area (TPSA) is 38.1 Å². The molecule has 2 aliphatic carbocycles. The number of oxazole rings is 1. The van der Waals surface area contributed by atoms with Crippen molar-refractivity contribution in [1.29, 1.82) is 0 Å². The van der Waals surface area contributed by atoms with E-state index in [1.54, 1.807) is 0 Å². The summed E-state index contributed by atoms with van der Waals surface area (Å²) in [7, 11) is 0. The van der Waals surface area contributed by atoms with Crippen LogP contribution in [-0.2, 0) is 6.42 Å². The first-order chi connectivity index (χ1) is 8.42. The van der Waals surface area contributed by atoms with Crippen LogP contribution in [0.2, 0.25) is 0 Å². The Kier molecular flexibility index (Phi) is 3.46. The first-order valence-electron chi connectivity index (χ1n) is 7.10. The van der Waals surface area contributed by atoms with Gasteiger partial charge in [0.25, 0.3) is 0 Å². The number of rotatable bonds is 6. The molecule has 0 atom stereocenters. The first-order valence-corrected chi connectivity index (χ1v) is 7.10. The third-order valence-electron chi connectivity index (χ3n) is 3.91. The zero-order valence-corrected chi connectivity index (χ0v) is 10.5. The van der Waals surface area contributed by atoms with Crippen molar-refractivity contribution in [2.45, 2.75) is 63.3 Å². The van der Waals surface area contributed by atoms with E-state index in [1.165, 1.54) is 38.5 Å². The molecule has 17 heavy (non-hydrogen) atoms. The Morgan fingerprint density at radius 3 is 2.82 bits per heavy atom.